The number of piperazine rings is 1. The molecule has 1 aliphatic rings. The summed E-state index contributed by atoms with van der Waals surface area (Å²) in [4.78, 5) is 16.1. The van der Waals surface area contributed by atoms with E-state index in [1.807, 2.05) is 23.1 Å². The first kappa shape index (κ1) is 13.8. The molecule has 1 aromatic carbocycles. The van der Waals surface area contributed by atoms with Crippen LogP contribution in [0, 0.1) is 0 Å². The molecule has 1 saturated heterocycles. The average molecular weight is 263 g/mol. The molecule has 2 N–H and O–H groups in total. The first-order chi connectivity index (χ1) is 9.22. The standard InChI is InChI=1S/C14H21N3O2/c1-19-11-13(15)14(18)17-9-7-16(8-10-17)12-5-3-2-4-6-12/h2-6,13H,7-11,15H2,1H3. The highest BCUT2D eigenvalue weighted by molar-refractivity contribution is 5.82. The van der Waals surface area contributed by atoms with E-state index >= 15 is 0 Å². The number of methoxy groups -OCH3 is 1. The number of ether oxygens (including phenoxy) is 1. The number of carbonyl (C=O) groups is 1. The smallest absolute Gasteiger partial charge is 0.241 e. The molecule has 104 valence electrons. The molecule has 0 saturated carbocycles. The SMILES string of the molecule is COCC(N)C(=O)N1CCN(c2ccccc2)CC1. The third-order valence-corrected chi connectivity index (χ3v) is 3.38. The summed E-state index contributed by atoms with van der Waals surface area (Å²) in [5, 5.41) is 0. The van der Waals surface area contributed by atoms with Crippen LogP contribution in [0.5, 0.6) is 0 Å². The van der Waals surface area contributed by atoms with Crippen LogP contribution in [-0.4, -0.2) is 56.7 Å². The molecule has 1 aliphatic heterocycles. The number of rotatable bonds is 4. The molecule has 1 atom stereocenters. The monoisotopic (exact) mass is 263 g/mol. The van der Waals surface area contributed by atoms with E-state index < -0.39 is 6.04 Å². The lowest BCUT2D eigenvalue weighted by Crippen LogP contribution is -2.54. The van der Waals surface area contributed by atoms with Crippen LogP contribution in [0.3, 0.4) is 0 Å². The number of benzene rings is 1. The maximum atomic E-state index is 12.0. The Hall–Kier alpha value is -1.59. The van der Waals surface area contributed by atoms with Crippen LogP contribution >= 0.6 is 0 Å². The Kier molecular flexibility index (Phi) is 4.76. The van der Waals surface area contributed by atoms with Gasteiger partial charge in [-0.2, -0.15) is 0 Å². The molecule has 1 fully saturated rings. The van der Waals surface area contributed by atoms with Gasteiger partial charge in [0, 0.05) is 39.0 Å². The van der Waals surface area contributed by atoms with E-state index in [4.69, 9.17) is 10.5 Å². The minimum absolute atomic E-state index is 0.0189. The van der Waals surface area contributed by atoms with Crippen LogP contribution < -0.4 is 10.6 Å². The molecule has 1 aromatic rings. The zero-order chi connectivity index (χ0) is 13.7. The molecule has 5 heteroatoms. The number of amides is 1. The lowest BCUT2D eigenvalue weighted by atomic mass is 10.2. The summed E-state index contributed by atoms with van der Waals surface area (Å²) in [7, 11) is 1.56. The fraction of sp³-hybridized carbons (Fsp3) is 0.500. The molecule has 2 rings (SSSR count). The average Bonchev–Trinajstić information content (AvgIpc) is 2.48. The number of nitrogens with zero attached hydrogens (tertiary/aromatic N) is 2. The fourth-order valence-corrected chi connectivity index (χ4v) is 2.31. The van der Waals surface area contributed by atoms with Crippen LogP contribution in [-0.2, 0) is 9.53 Å². The summed E-state index contributed by atoms with van der Waals surface area (Å²) in [5.74, 6) is -0.0189. The Bertz CT molecular complexity index is 402. The van der Waals surface area contributed by atoms with E-state index in [9.17, 15) is 4.79 Å². The zero-order valence-corrected chi connectivity index (χ0v) is 11.3. The summed E-state index contributed by atoms with van der Waals surface area (Å²) in [6, 6.07) is 9.70. The van der Waals surface area contributed by atoms with E-state index in [0.29, 0.717) is 13.1 Å². The van der Waals surface area contributed by atoms with E-state index in [1.54, 1.807) is 7.11 Å². The van der Waals surface area contributed by atoms with Gasteiger partial charge in [-0.25, -0.2) is 0 Å². The fourth-order valence-electron chi connectivity index (χ4n) is 2.31. The largest absolute Gasteiger partial charge is 0.383 e. The van der Waals surface area contributed by atoms with Crippen molar-refractivity contribution in [2.24, 2.45) is 5.73 Å². The van der Waals surface area contributed by atoms with E-state index in [2.05, 4.69) is 17.0 Å². The van der Waals surface area contributed by atoms with Crippen LogP contribution in [0.15, 0.2) is 30.3 Å². The quantitative estimate of drug-likeness (QED) is 0.849. The molecule has 1 heterocycles. The lowest BCUT2D eigenvalue weighted by Gasteiger charge is -2.37. The van der Waals surface area contributed by atoms with Gasteiger partial charge in [-0.1, -0.05) is 18.2 Å². The number of para-hydroxylation sites is 1. The van der Waals surface area contributed by atoms with Gasteiger partial charge in [-0.15, -0.1) is 0 Å². The maximum Gasteiger partial charge on any atom is 0.241 e. The summed E-state index contributed by atoms with van der Waals surface area (Å²) in [6.07, 6.45) is 0. The van der Waals surface area contributed by atoms with Crippen molar-refractivity contribution in [3.8, 4) is 0 Å². The first-order valence-corrected chi connectivity index (χ1v) is 6.55. The van der Waals surface area contributed by atoms with Gasteiger partial charge in [-0.3, -0.25) is 4.79 Å². The highest BCUT2D eigenvalue weighted by Crippen LogP contribution is 2.15. The van der Waals surface area contributed by atoms with Crippen molar-refractivity contribution >= 4 is 11.6 Å². The van der Waals surface area contributed by atoms with E-state index in [1.165, 1.54) is 5.69 Å². The predicted molar refractivity (Wildman–Crippen MR) is 75.1 cm³/mol. The summed E-state index contributed by atoms with van der Waals surface area (Å²) >= 11 is 0. The van der Waals surface area contributed by atoms with E-state index in [0.717, 1.165) is 13.1 Å². The van der Waals surface area contributed by atoms with Gasteiger partial charge in [-0.05, 0) is 12.1 Å². The predicted octanol–water partition coefficient (Wildman–Crippen LogP) is 0.309. The molecule has 5 nitrogen and oxygen atoms in total. The topological polar surface area (TPSA) is 58.8 Å². The Morgan fingerprint density at radius 3 is 2.47 bits per heavy atom. The Morgan fingerprint density at radius 2 is 1.89 bits per heavy atom. The summed E-state index contributed by atoms with van der Waals surface area (Å²) in [6.45, 7) is 3.39. The van der Waals surface area contributed by atoms with Crippen molar-refractivity contribution in [1.82, 2.24) is 4.90 Å². The van der Waals surface area contributed by atoms with Crippen LogP contribution in [0.25, 0.3) is 0 Å². The molecule has 19 heavy (non-hydrogen) atoms. The Labute approximate surface area is 113 Å². The van der Waals surface area contributed by atoms with Gasteiger partial charge in [0.05, 0.1) is 6.61 Å². The second-order valence-corrected chi connectivity index (χ2v) is 4.71. The van der Waals surface area contributed by atoms with Gasteiger partial charge in [0.15, 0.2) is 0 Å². The molecule has 1 unspecified atom stereocenters. The Morgan fingerprint density at radius 1 is 1.26 bits per heavy atom. The van der Waals surface area contributed by atoms with Crippen LogP contribution in [0.2, 0.25) is 0 Å². The Balaban J connectivity index is 1.87. The summed E-state index contributed by atoms with van der Waals surface area (Å²) < 4.78 is 4.92. The molecule has 0 radical (unpaired) electrons. The first-order valence-electron chi connectivity index (χ1n) is 6.55. The number of nitrogens with two attached hydrogens (primary N) is 1. The minimum atomic E-state index is -0.548. The molecular formula is C14H21N3O2. The lowest BCUT2D eigenvalue weighted by molar-refractivity contribution is -0.134. The molecular weight excluding hydrogens is 242 g/mol. The molecule has 1 amide bonds. The third-order valence-electron chi connectivity index (χ3n) is 3.38. The number of hydrogen-bond acceptors (Lipinski definition) is 4. The third kappa shape index (κ3) is 3.45. The maximum absolute atomic E-state index is 12.0. The van der Waals surface area contributed by atoms with Gasteiger partial charge >= 0.3 is 0 Å². The normalized spacial score (nSPS) is 17.4. The molecule has 0 spiro atoms. The number of hydrogen-bond donors (Lipinski definition) is 1. The van der Waals surface area contributed by atoms with Gasteiger partial charge in [0.25, 0.3) is 0 Å². The van der Waals surface area contributed by atoms with Crippen molar-refractivity contribution < 1.29 is 9.53 Å². The molecule has 0 aromatic heterocycles. The van der Waals surface area contributed by atoms with Crippen molar-refractivity contribution in [3.05, 3.63) is 30.3 Å². The summed E-state index contributed by atoms with van der Waals surface area (Å²) in [5.41, 5.74) is 6.98. The molecule has 0 bridgehead atoms. The minimum Gasteiger partial charge on any atom is -0.383 e. The van der Waals surface area contributed by atoms with Crippen molar-refractivity contribution in [1.29, 1.82) is 0 Å². The van der Waals surface area contributed by atoms with Crippen molar-refractivity contribution in [3.63, 3.8) is 0 Å². The number of anilines is 1. The molecule has 0 aliphatic carbocycles. The van der Waals surface area contributed by atoms with Crippen LogP contribution in [0.4, 0.5) is 5.69 Å². The number of carbonyl (C=O) groups excluding carboxylic acids is 1. The van der Waals surface area contributed by atoms with Gasteiger partial charge in [0.2, 0.25) is 5.91 Å². The van der Waals surface area contributed by atoms with Crippen molar-refractivity contribution in [2.45, 2.75) is 6.04 Å². The zero-order valence-electron chi connectivity index (χ0n) is 11.3. The second kappa shape index (κ2) is 6.54. The second-order valence-electron chi connectivity index (χ2n) is 4.71. The van der Waals surface area contributed by atoms with Crippen LogP contribution in [0.1, 0.15) is 0 Å². The highest BCUT2D eigenvalue weighted by atomic mass is 16.5. The van der Waals surface area contributed by atoms with E-state index in [-0.39, 0.29) is 12.5 Å². The van der Waals surface area contributed by atoms with Gasteiger partial charge in [0.1, 0.15) is 6.04 Å². The van der Waals surface area contributed by atoms with Crippen molar-refractivity contribution in [2.75, 3.05) is 44.8 Å². The van der Waals surface area contributed by atoms with Gasteiger partial charge < -0.3 is 20.3 Å². The highest BCUT2D eigenvalue weighted by Gasteiger charge is 2.25.